The molecule has 2 aliphatic rings. The highest BCUT2D eigenvalue weighted by atomic mass is 15.2. The second kappa shape index (κ2) is 4.19. The maximum atomic E-state index is 5.81. The fourth-order valence-electron chi connectivity index (χ4n) is 2.98. The van der Waals surface area contributed by atoms with Gasteiger partial charge in [0.25, 0.3) is 0 Å². The molecular weight excluding hydrogens is 172 g/mol. The highest BCUT2D eigenvalue weighted by Crippen LogP contribution is 2.33. The van der Waals surface area contributed by atoms with E-state index in [0.29, 0.717) is 6.04 Å². The minimum Gasteiger partial charge on any atom is -0.325 e. The van der Waals surface area contributed by atoms with Crippen LogP contribution in [0.2, 0.25) is 0 Å². The van der Waals surface area contributed by atoms with Gasteiger partial charge >= 0.3 is 0 Å². The first kappa shape index (κ1) is 10.4. The van der Waals surface area contributed by atoms with Gasteiger partial charge in [0.1, 0.15) is 0 Å². The first-order valence-corrected chi connectivity index (χ1v) is 6.16. The van der Waals surface area contributed by atoms with Gasteiger partial charge in [0, 0.05) is 25.2 Å². The van der Waals surface area contributed by atoms with Crippen molar-refractivity contribution in [1.82, 2.24) is 4.90 Å². The van der Waals surface area contributed by atoms with E-state index in [9.17, 15) is 0 Å². The minimum absolute atomic E-state index is 0.470. The van der Waals surface area contributed by atoms with E-state index in [1.54, 1.807) is 0 Å². The molecule has 0 aromatic rings. The van der Waals surface area contributed by atoms with Gasteiger partial charge in [-0.1, -0.05) is 13.8 Å². The Kier molecular flexibility index (Phi) is 3.13. The van der Waals surface area contributed by atoms with Crippen LogP contribution in [0.3, 0.4) is 0 Å². The van der Waals surface area contributed by atoms with Gasteiger partial charge in [0.2, 0.25) is 0 Å². The normalized spacial score (nSPS) is 36.0. The van der Waals surface area contributed by atoms with Crippen LogP contribution in [0.4, 0.5) is 0 Å². The zero-order chi connectivity index (χ0) is 10.1. The van der Waals surface area contributed by atoms with E-state index >= 15 is 0 Å². The molecule has 1 saturated heterocycles. The van der Waals surface area contributed by atoms with E-state index in [0.717, 1.165) is 31.0 Å². The van der Waals surface area contributed by atoms with Gasteiger partial charge in [0.05, 0.1) is 0 Å². The van der Waals surface area contributed by atoms with E-state index in [2.05, 4.69) is 18.7 Å². The van der Waals surface area contributed by atoms with Gasteiger partial charge in [-0.05, 0) is 37.5 Å². The molecule has 0 spiro atoms. The first-order valence-electron chi connectivity index (χ1n) is 6.16. The number of hydrogen-bond acceptors (Lipinski definition) is 2. The number of nitrogens with zero attached hydrogens (tertiary/aromatic N) is 1. The lowest BCUT2D eigenvalue weighted by molar-refractivity contribution is 0.0556. The SMILES string of the molecule is CC(C)C1CCC(N2CC(N)C2)CC1. The Morgan fingerprint density at radius 3 is 2.07 bits per heavy atom. The van der Waals surface area contributed by atoms with Gasteiger partial charge in [-0.15, -0.1) is 0 Å². The third-order valence-corrected chi connectivity index (χ3v) is 4.14. The standard InChI is InChI=1S/C12H24N2/c1-9(2)10-3-5-12(6-4-10)14-7-11(13)8-14/h9-12H,3-8,13H2,1-2H3. The molecule has 1 aliphatic heterocycles. The van der Waals surface area contributed by atoms with Crippen LogP contribution in [0, 0.1) is 11.8 Å². The largest absolute Gasteiger partial charge is 0.325 e. The van der Waals surface area contributed by atoms with Gasteiger partial charge < -0.3 is 5.73 Å². The number of likely N-dealkylation sites (tertiary alicyclic amines) is 1. The van der Waals surface area contributed by atoms with E-state index in [1.807, 2.05) is 0 Å². The molecule has 0 aromatic carbocycles. The molecule has 1 saturated carbocycles. The second-order valence-electron chi connectivity index (χ2n) is 5.53. The Morgan fingerprint density at radius 2 is 1.64 bits per heavy atom. The Morgan fingerprint density at radius 1 is 1.07 bits per heavy atom. The monoisotopic (exact) mass is 196 g/mol. The average Bonchev–Trinajstić information content (AvgIpc) is 2.13. The molecule has 0 radical (unpaired) electrons. The molecule has 1 heterocycles. The average molecular weight is 196 g/mol. The summed E-state index contributed by atoms with van der Waals surface area (Å²) in [4.78, 5) is 2.58. The minimum atomic E-state index is 0.470. The van der Waals surface area contributed by atoms with Crippen LogP contribution in [-0.4, -0.2) is 30.1 Å². The lowest BCUT2D eigenvalue weighted by Gasteiger charge is -2.45. The smallest absolute Gasteiger partial charge is 0.0297 e. The van der Waals surface area contributed by atoms with Crippen molar-refractivity contribution in [2.24, 2.45) is 17.6 Å². The molecule has 1 aliphatic carbocycles. The predicted octanol–water partition coefficient (Wildman–Crippen LogP) is 1.84. The summed E-state index contributed by atoms with van der Waals surface area (Å²) in [5.74, 6) is 1.87. The molecule has 0 atom stereocenters. The third kappa shape index (κ3) is 2.12. The quantitative estimate of drug-likeness (QED) is 0.730. The van der Waals surface area contributed by atoms with E-state index < -0.39 is 0 Å². The predicted molar refractivity (Wildman–Crippen MR) is 60.1 cm³/mol. The second-order valence-corrected chi connectivity index (χ2v) is 5.53. The van der Waals surface area contributed by atoms with Crippen molar-refractivity contribution in [3.05, 3.63) is 0 Å². The molecule has 2 N–H and O–H groups in total. The van der Waals surface area contributed by atoms with Crippen molar-refractivity contribution >= 4 is 0 Å². The van der Waals surface area contributed by atoms with Crippen LogP contribution in [0.1, 0.15) is 39.5 Å². The zero-order valence-corrected chi connectivity index (χ0v) is 9.58. The van der Waals surface area contributed by atoms with Crippen LogP contribution < -0.4 is 5.73 Å². The van der Waals surface area contributed by atoms with Crippen LogP contribution in [0.5, 0.6) is 0 Å². The maximum absolute atomic E-state index is 5.81. The number of rotatable bonds is 2. The van der Waals surface area contributed by atoms with Gasteiger partial charge in [-0.25, -0.2) is 0 Å². The van der Waals surface area contributed by atoms with Crippen molar-refractivity contribution < 1.29 is 0 Å². The Labute approximate surface area is 87.8 Å². The summed E-state index contributed by atoms with van der Waals surface area (Å²) in [7, 11) is 0. The Hall–Kier alpha value is -0.0800. The fraction of sp³-hybridized carbons (Fsp3) is 1.00. The van der Waals surface area contributed by atoms with Crippen molar-refractivity contribution in [2.45, 2.75) is 51.6 Å². The summed E-state index contributed by atoms with van der Waals surface area (Å²) in [6.45, 7) is 7.03. The van der Waals surface area contributed by atoms with Crippen molar-refractivity contribution in [3.8, 4) is 0 Å². The molecule has 0 amide bonds. The van der Waals surface area contributed by atoms with Crippen LogP contribution in [-0.2, 0) is 0 Å². The number of nitrogens with two attached hydrogens (primary N) is 1. The molecule has 0 bridgehead atoms. The fourth-order valence-corrected chi connectivity index (χ4v) is 2.98. The molecule has 2 rings (SSSR count). The van der Waals surface area contributed by atoms with E-state index in [1.165, 1.54) is 25.7 Å². The Bertz CT molecular complexity index is 177. The summed E-state index contributed by atoms with van der Waals surface area (Å²) < 4.78 is 0. The molecule has 14 heavy (non-hydrogen) atoms. The summed E-state index contributed by atoms with van der Waals surface area (Å²) in [6, 6.07) is 1.34. The highest BCUT2D eigenvalue weighted by molar-refractivity contribution is 4.90. The highest BCUT2D eigenvalue weighted by Gasteiger charge is 2.32. The molecule has 0 unspecified atom stereocenters. The maximum Gasteiger partial charge on any atom is 0.0297 e. The molecule has 2 heteroatoms. The summed E-state index contributed by atoms with van der Waals surface area (Å²) in [5, 5.41) is 0. The van der Waals surface area contributed by atoms with Gasteiger partial charge in [-0.3, -0.25) is 4.90 Å². The van der Waals surface area contributed by atoms with E-state index in [4.69, 9.17) is 5.73 Å². The van der Waals surface area contributed by atoms with Crippen LogP contribution in [0.15, 0.2) is 0 Å². The molecule has 82 valence electrons. The lowest BCUT2D eigenvalue weighted by atomic mass is 9.78. The van der Waals surface area contributed by atoms with Crippen LogP contribution >= 0.6 is 0 Å². The number of hydrogen-bond donors (Lipinski definition) is 1. The summed E-state index contributed by atoms with van der Waals surface area (Å²) in [5.41, 5.74) is 5.81. The van der Waals surface area contributed by atoms with E-state index in [-0.39, 0.29) is 0 Å². The molecular formula is C12H24N2. The topological polar surface area (TPSA) is 29.3 Å². The first-order chi connectivity index (χ1) is 6.66. The van der Waals surface area contributed by atoms with Crippen molar-refractivity contribution in [1.29, 1.82) is 0 Å². The third-order valence-electron chi connectivity index (χ3n) is 4.14. The molecule has 2 fully saturated rings. The van der Waals surface area contributed by atoms with Crippen molar-refractivity contribution in [3.63, 3.8) is 0 Å². The summed E-state index contributed by atoms with van der Waals surface area (Å²) >= 11 is 0. The molecule has 0 aromatic heterocycles. The van der Waals surface area contributed by atoms with Crippen molar-refractivity contribution in [2.75, 3.05) is 13.1 Å². The lowest BCUT2D eigenvalue weighted by Crippen LogP contribution is -2.59. The summed E-state index contributed by atoms with van der Waals surface area (Å²) in [6.07, 6.45) is 5.70. The molecule has 2 nitrogen and oxygen atoms in total. The Balaban J connectivity index is 1.73. The zero-order valence-electron chi connectivity index (χ0n) is 9.58. The van der Waals surface area contributed by atoms with Gasteiger partial charge in [0.15, 0.2) is 0 Å². The van der Waals surface area contributed by atoms with Crippen LogP contribution in [0.25, 0.3) is 0 Å². The van der Waals surface area contributed by atoms with Gasteiger partial charge in [-0.2, -0.15) is 0 Å².